The first-order valence-corrected chi connectivity index (χ1v) is 6.99. The lowest BCUT2D eigenvalue weighted by molar-refractivity contribution is -0.116. The molecule has 2 aliphatic heterocycles. The van der Waals surface area contributed by atoms with Crippen LogP contribution in [0.1, 0.15) is 18.4 Å². The molecule has 0 aliphatic carbocycles. The molecule has 2 aliphatic rings. The Hall–Kier alpha value is -1.04. The van der Waals surface area contributed by atoms with Gasteiger partial charge in [-0.3, -0.25) is 4.90 Å². The molecule has 1 aromatic carbocycles. The van der Waals surface area contributed by atoms with E-state index < -0.39 is 12.0 Å². The zero-order valence-corrected chi connectivity index (χ0v) is 11.2. The SMILES string of the molecule is OC1CC2COCC(CC1(F)F)N2Cc1ccccc1. The van der Waals surface area contributed by atoms with Gasteiger partial charge in [0.25, 0.3) is 5.92 Å². The van der Waals surface area contributed by atoms with Crippen molar-refractivity contribution in [3.05, 3.63) is 35.9 Å². The highest BCUT2D eigenvalue weighted by Gasteiger charge is 2.49. The second kappa shape index (κ2) is 5.39. The van der Waals surface area contributed by atoms with Crippen molar-refractivity contribution >= 4 is 0 Å². The van der Waals surface area contributed by atoms with Crippen LogP contribution in [0.25, 0.3) is 0 Å². The molecular formula is C15H19F2NO2. The predicted octanol–water partition coefficient (Wildman–Crippen LogP) is 2.05. The number of fused-ring (bicyclic) bond motifs is 2. The van der Waals surface area contributed by atoms with Gasteiger partial charge in [0.15, 0.2) is 0 Å². The van der Waals surface area contributed by atoms with Gasteiger partial charge in [0.05, 0.1) is 13.2 Å². The number of aliphatic hydroxyl groups is 1. The van der Waals surface area contributed by atoms with Crippen molar-refractivity contribution in [2.24, 2.45) is 0 Å². The largest absolute Gasteiger partial charge is 0.387 e. The standard InChI is InChI=1S/C15H19F2NO2/c16-15(17)7-13-10-20-9-12(6-14(15)19)18(13)8-11-4-2-1-3-5-11/h1-5,12-14,19H,6-10H2. The molecule has 1 N–H and O–H groups in total. The third-order valence-electron chi connectivity index (χ3n) is 4.26. The summed E-state index contributed by atoms with van der Waals surface area (Å²) in [5.74, 6) is -3.03. The van der Waals surface area contributed by atoms with E-state index in [9.17, 15) is 13.9 Å². The van der Waals surface area contributed by atoms with Gasteiger partial charge in [-0.25, -0.2) is 8.78 Å². The normalized spacial score (nSPS) is 33.6. The minimum Gasteiger partial charge on any atom is -0.387 e. The monoisotopic (exact) mass is 283 g/mol. The molecule has 2 saturated heterocycles. The topological polar surface area (TPSA) is 32.7 Å². The molecule has 0 aromatic heterocycles. The lowest BCUT2D eigenvalue weighted by Crippen LogP contribution is -2.51. The van der Waals surface area contributed by atoms with Gasteiger partial charge in [-0.2, -0.15) is 0 Å². The van der Waals surface area contributed by atoms with E-state index in [0.29, 0.717) is 19.8 Å². The molecule has 2 fully saturated rings. The number of aliphatic hydroxyl groups excluding tert-OH is 1. The summed E-state index contributed by atoms with van der Waals surface area (Å²) < 4.78 is 33.2. The summed E-state index contributed by atoms with van der Waals surface area (Å²) in [4.78, 5) is 2.07. The van der Waals surface area contributed by atoms with Crippen LogP contribution in [-0.2, 0) is 11.3 Å². The number of morpholine rings is 1. The maximum atomic E-state index is 13.9. The molecule has 110 valence electrons. The molecule has 3 atom stereocenters. The summed E-state index contributed by atoms with van der Waals surface area (Å²) in [6, 6.07) is 9.35. The second-order valence-corrected chi connectivity index (χ2v) is 5.72. The number of rotatable bonds is 2. The van der Waals surface area contributed by atoms with Crippen LogP contribution in [0.3, 0.4) is 0 Å². The molecule has 3 rings (SSSR count). The number of halogens is 2. The van der Waals surface area contributed by atoms with Crippen LogP contribution >= 0.6 is 0 Å². The van der Waals surface area contributed by atoms with Crippen LogP contribution in [0.2, 0.25) is 0 Å². The molecule has 3 nitrogen and oxygen atoms in total. The molecule has 3 unspecified atom stereocenters. The Morgan fingerprint density at radius 3 is 2.65 bits per heavy atom. The van der Waals surface area contributed by atoms with Gasteiger partial charge in [-0.05, 0) is 12.0 Å². The molecule has 0 saturated carbocycles. The highest BCUT2D eigenvalue weighted by atomic mass is 19.3. The molecule has 20 heavy (non-hydrogen) atoms. The van der Waals surface area contributed by atoms with E-state index >= 15 is 0 Å². The smallest absolute Gasteiger partial charge is 0.275 e. The van der Waals surface area contributed by atoms with Crippen molar-refractivity contribution < 1.29 is 18.6 Å². The van der Waals surface area contributed by atoms with E-state index in [1.807, 2.05) is 30.3 Å². The van der Waals surface area contributed by atoms with Crippen molar-refractivity contribution in [3.63, 3.8) is 0 Å². The van der Waals surface area contributed by atoms with Crippen LogP contribution in [0.5, 0.6) is 0 Å². The van der Waals surface area contributed by atoms with Gasteiger partial charge in [0, 0.05) is 25.0 Å². The number of benzene rings is 1. The summed E-state index contributed by atoms with van der Waals surface area (Å²) in [5, 5.41) is 9.72. The number of ether oxygens (including phenoxy) is 1. The number of hydrogen-bond acceptors (Lipinski definition) is 3. The highest BCUT2D eigenvalue weighted by Crippen LogP contribution is 2.37. The first-order chi connectivity index (χ1) is 9.56. The fraction of sp³-hybridized carbons (Fsp3) is 0.600. The van der Waals surface area contributed by atoms with Crippen molar-refractivity contribution in [1.29, 1.82) is 0 Å². The van der Waals surface area contributed by atoms with Crippen molar-refractivity contribution in [2.45, 2.75) is 43.5 Å². The molecule has 0 radical (unpaired) electrons. The van der Waals surface area contributed by atoms with Gasteiger partial charge in [0.2, 0.25) is 0 Å². The third-order valence-corrected chi connectivity index (χ3v) is 4.26. The van der Waals surface area contributed by atoms with E-state index in [2.05, 4.69) is 4.90 Å². The molecule has 0 spiro atoms. The third kappa shape index (κ3) is 2.71. The quantitative estimate of drug-likeness (QED) is 0.901. The molecular weight excluding hydrogens is 264 g/mol. The van der Waals surface area contributed by atoms with E-state index in [1.165, 1.54) is 0 Å². The summed E-state index contributed by atoms with van der Waals surface area (Å²) in [7, 11) is 0. The Bertz CT molecular complexity index is 454. The Morgan fingerprint density at radius 1 is 1.20 bits per heavy atom. The van der Waals surface area contributed by atoms with Crippen molar-refractivity contribution in [3.8, 4) is 0 Å². The van der Waals surface area contributed by atoms with E-state index in [4.69, 9.17) is 4.74 Å². The van der Waals surface area contributed by atoms with Crippen LogP contribution in [0, 0.1) is 0 Å². The molecule has 2 heterocycles. The van der Waals surface area contributed by atoms with Crippen molar-refractivity contribution in [2.75, 3.05) is 13.2 Å². The van der Waals surface area contributed by atoms with E-state index in [0.717, 1.165) is 5.56 Å². The second-order valence-electron chi connectivity index (χ2n) is 5.72. The summed E-state index contributed by atoms with van der Waals surface area (Å²) in [5.41, 5.74) is 1.10. The average molecular weight is 283 g/mol. The first-order valence-electron chi connectivity index (χ1n) is 6.99. The first kappa shape index (κ1) is 13.9. The van der Waals surface area contributed by atoms with Crippen molar-refractivity contribution in [1.82, 2.24) is 4.90 Å². The van der Waals surface area contributed by atoms with E-state index in [-0.39, 0.29) is 24.9 Å². The Kier molecular flexibility index (Phi) is 3.75. The fourth-order valence-electron chi connectivity index (χ4n) is 3.14. The maximum absolute atomic E-state index is 13.9. The lowest BCUT2D eigenvalue weighted by Gasteiger charge is -2.40. The van der Waals surface area contributed by atoms with Crippen LogP contribution < -0.4 is 0 Å². The average Bonchev–Trinajstić information content (AvgIpc) is 2.47. The molecule has 2 bridgehead atoms. The van der Waals surface area contributed by atoms with Gasteiger partial charge in [-0.15, -0.1) is 0 Å². The fourth-order valence-corrected chi connectivity index (χ4v) is 3.14. The predicted molar refractivity (Wildman–Crippen MR) is 70.6 cm³/mol. The van der Waals surface area contributed by atoms with Gasteiger partial charge >= 0.3 is 0 Å². The maximum Gasteiger partial charge on any atom is 0.275 e. The minimum absolute atomic E-state index is 0.0658. The molecule has 5 heteroatoms. The summed E-state index contributed by atoms with van der Waals surface area (Å²) >= 11 is 0. The van der Waals surface area contributed by atoms with Crippen LogP contribution in [0.15, 0.2) is 30.3 Å². The number of hydrogen-bond donors (Lipinski definition) is 1. The van der Waals surface area contributed by atoms with Gasteiger partial charge in [-0.1, -0.05) is 30.3 Å². The molecule has 1 aromatic rings. The van der Waals surface area contributed by atoms with Crippen LogP contribution in [0.4, 0.5) is 8.78 Å². The summed E-state index contributed by atoms with van der Waals surface area (Å²) in [6.45, 7) is 1.35. The lowest BCUT2D eigenvalue weighted by atomic mass is 10.0. The summed E-state index contributed by atoms with van der Waals surface area (Å²) in [6.07, 6.45) is -1.84. The zero-order chi connectivity index (χ0) is 14.2. The Labute approximate surface area is 117 Å². The minimum atomic E-state index is -3.03. The number of nitrogens with zero attached hydrogens (tertiary/aromatic N) is 1. The van der Waals surface area contributed by atoms with Gasteiger partial charge in [0.1, 0.15) is 6.10 Å². The van der Waals surface area contributed by atoms with Crippen LogP contribution in [-0.4, -0.2) is 47.3 Å². The highest BCUT2D eigenvalue weighted by molar-refractivity contribution is 5.15. The number of alkyl halides is 2. The van der Waals surface area contributed by atoms with Gasteiger partial charge < -0.3 is 9.84 Å². The zero-order valence-electron chi connectivity index (χ0n) is 11.2. The Morgan fingerprint density at radius 2 is 1.90 bits per heavy atom. The van der Waals surface area contributed by atoms with E-state index in [1.54, 1.807) is 0 Å². The Balaban J connectivity index is 1.82. The molecule has 0 amide bonds.